The van der Waals surface area contributed by atoms with E-state index in [1.165, 1.54) is 0 Å². The van der Waals surface area contributed by atoms with E-state index in [2.05, 4.69) is 5.32 Å². The van der Waals surface area contributed by atoms with Crippen LogP contribution in [0.2, 0.25) is 0 Å². The van der Waals surface area contributed by atoms with Gasteiger partial charge in [-0.2, -0.15) is 0 Å². The van der Waals surface area contributed by atoms with Crippen LogP contribution in [-0.4, -0.2) is 48.4 Å². The number of carbonyl (C=O) groups excluding carboxylic acids is 3. The first-order valence-electron chi connectivity index (χ1n) is 8.56. The van der Waals surface area contributed by atoms with E-state index in [4.69, 9.17) is 10.5 Å². The van der Waals surface area contributed by atoms with Crippen LogP contribution in [-0.2, 0) is 25.7 Å². The summed E-state index contributed by atoms with van der Waals surface area (Å²) in [6.45, 7) is 1.88. The second-order valence-electron chi connectivity index (χ2n) is 6.11. The van der Waals surface area contributed by atoms with Crippen LogP contribution in [0.25, 0.3) is 0 Å². The monoisotopic (exact) mass is 347 g/mol. The van der Waals surface area contributed by atoms with Crippen molar-refractivity contribution in [3.05, 3.63) is 35.9 Å². The molecule has 2 rings (SSSR count). The fraction of sp³-hybridized carbons (Fsp3) is 0.500. The molecule has 0 spiro atoms. The number of nitrogens with two attached hydrogens (primary N) is 1. The minimum atomic E-state index is -0.683. The molecule has 1 saturated heterocycles. The van der Waals surface area contributed by atoms with Crippen LogP contribution in [0.4, 0.5) is 0 Å². The zero-order chi connectivity index (χ0) is 18.1. The molecule has 25 heavy (non-hydrogen) atoms. The summed E-state index contributed by atoms with van der Waals surface area (Å²) < 4.78 is 5.19. The molecule has 1 aliphatic rings. The van der Waals surface area contributed by atoms with Gasteiger partial charge in [-0.1, -0.05) is 30.3 Å². The van der Waals surface area contributed by atoms with Crippen molar-refractivity contribution in [3.8, 4) is 0 Å². The van der Waals surface area contributed by atoms with Gasteiger partial charge in [0.25, 0.3) is 0 Å². The van der Waals surface area contributed by atoms with Crippen LogP contribution in [0.15, 0.2) is 30.3 Å². The Morgan fingerprint density at radius 2 is 1.84 bits per heavy atom. The molecule has 136 valence electrons. The quantitative estimate of drug-likeness (QED) is 0.636. The van der Waals surface area contributed by atoms with Gasteiger partial charge < -0.3 is 20.7 Å². The Morgan fingerprint density at radius 1 is 1.16 bits per heavy atom. The third kappa shape index (κ3) is 6.54. The highest BCUT2D eigenvalue weighted by atomic mass is 16.5. The number of primary amides is 1. The molecule has 2 amide bonds. The molecule has 7 heteroatoms. The zero-order valence-electron chi connectivity index (χ0n) is 14.3. The number of esters is 1. The van der Waals surface area contributed by atoms with E-state index >= 15 is 0 Å². The number of amides is 2. The third-order valence-corrected chi connectivity index (χ3v) is 4.08. The van der Waals surface area contributed by atoms with Gasteiger partial charge in [-0.15, -0.1) is 0 Å². The number of hydrogen-bond donors (Lipinski definition) is 2. The van der Waals surface area contributed by atoms with Gasteiger partial charge in [0.2, 0.25) is 11.8 Å². The van der Waals surface area contributed by atoms with E-state index in [0.717, 1.165) is 18.4 Å². The molecule has 0 aliphatic carbocycles. The standard InChI is InChI=1S/C18H25N3O4/c19-16(22)12-15(18(24)21-10-4-5-11-21)20-9-8-17(23)25-13-14-6-2-1-3-7-14/h1-3,6-7,15,20H,4-5,8-13H2,(H2,19,22). The summed E-state index contributed by atoms with van der Waals surface area (Å²) in [4.78, 5) is 37.1. The largest absolute Gasteiger partial charge is 0.461 e. The lowest BCUT2D eigenvalue weighted by atomic mass is 10.1. The summed E-state index contributed by atoms with van der Waals surface area (Å²) >= 11 is 0. The fourth-order valence-corrected chi connectivity index (χ4v) is 2.76. The molecule has 7 nitrogen and oxygen atoms in total. The smallest absolute Gasteiger partial charge is 0.307 e. The van der Waals surface area contributed by atoms with E-state index in [-0.39, 0.29) is 37.9 Å². The minimum Gasteiger partial charge on any atom is -0.461 e. The van der Waals surface area contributed by atoms with E-state index in [1.807, 2.05) is 30.3 Å². The molecular weight excluding hydrogens is 322 g/mol. The number of ether oxygens (including phenoxy) is 1. The average molecular weight is 347 g/mol. The molecule has 0 aromatic heterocycles. The first-order chi connectivity index (χ1) is 12.1. The lowest BCUT2D eigenvalue weighted by Gasteiger charge is -2.23. The number of likely N-dealkylation sites (tertiary alicyclic amines) is 1. The van der Waals surface area contributed by atoms with Crippen LogP contribution in [0.5, 0.6) is 0 Å². The van der Waals surface area contributed by atoms with Gasteiger partial charge in [-0.05, 0) is 18.4 Å². The second kappa shape index (κ2) is 9.78. The molecule has 1 aromatic carbocycles. The Balaban J connectivity index is 1.74. The summed E-state index contributed by atoms with van der Waals surface area (Å²) in [5, 5.41) is 2.96. The molecule has 1 aromatic rings. The second-order valence-corrected chi connectivity index (χ2v) is 6.11. The Morgan fingerprint density at radius 3 is 2.48 bits per heavy atom. The van der Waals surface area contributed by atoms with Crippen molar-refractivity contribution >= 4 is 17.8 Å². The van der Waals surface area contributed by atoms with E-state index in [1.54, 1.807) is 4.90 Å². The van der Waals surface area contributed by atoms with Crippen LogP contribution in [0, 0.1) is 0 Å². The van der Waals surface area contributed by atoms with Crippen molar-refractivity contribution in [1.82, 2.24) is 10.2 Å². The summed E-state index contributed by atoms with van der Waals surface area (Å²) in [5.41, 5.74) is 6.15. The van der Waals surface area contributed by atoms with Crippen molar-refractivity contribution in [2.45, 2.75) is 38.3 Å². The first-order valence-corrected chi connectivity index (χ1v) is 8.56. The van der Waals surface area contributed by atoms with Gasteiger partial charge in [0.1, 0.15) is 6.61 Å². The minimum absolute atomic E-state index is 0.0750. The van der Waals surface area contributed by atoms with Gasteiger partial charge in [-0.3, -0.25) is 14.4 Å². The van der Waals surface area contributed by atoms with Gasteiger partial charge in [0.05, 0.1) is 18.9 Å². The predicted octanol–water partition coefficient (Wildman–Crippen LogP) is 0.576. The zero-order valence-corrected chi connectivity index (χ0v) is 14.3. The van der Waals surface area contributed by atoms with Crippen molar-refractivity contribution in [2.75, 3.05) is 19.6 Å². The Hall–Kier alpha value is -2.41. The van der Waals surface area contributed by atoms with Crippen LogP contribution in [0.3, 0.4) is 0 Å². The fourth-order valence-electron chi connectivity index (χ4n) is 2.76. The molecule has 1 atom stereocenters. The molecule has 1 heterocycles. The molecule has 1 unspecified atom stereocenters. The molecule has 0 radical (unpaired) electrons. The van der Waals surface area contributed by atoms with Crippen LogP contribution < -0.4 is 11.1 Å². The van der Waals surface area contributed by atoms with Gasteiger partial charge in [0.15, 0.2) is 0 Å². The summed E-state index contributed by atoms with van der Waals surface area (Å²) in [7, 11) is 0. The maximum atomic E-state index is 12.4. The molecule has 0 saturated carbocycles. The number of nitrogens with zero attached hydrogens (tertiary/aromatic N) is 1. The number of carbonyl (C=O) groups is 3. The first kappa shape index (κ1) is 18.9. The maximum Gasteiger partial charge on any atom is 0.307 e. The molecule has 3 N–H and O–H groups in total. The summed E-state index contributed by atoms with van der Waals surface area (Å²) in [6.07, 6.45) is 1.99. The lowest BCUT2D eigenvalue weighted by Crippen LogP contribution is -2.47. The molecular formula is C18H25N3O4. The number of hydrogen-bond acceptors (Lipinski definition) is 5. The van der Waals surface area contributed by atoms with Crippen molar-refractivity contribution in [1.29, 1.82) is 0 Å². The predicted molar refractivity (Wildman–Crippen MR) is 92.3 cm³/mol. The third-order valence-electron chi connectivity index (χ3n) is 4.08. The number of benzene rings is 1. The maximum absolute atomic E-state index is 12.4. The highest BCUT2D eigenvalue weighted by Gasteiger charge is 2.27. The molecule has 1 aliphatic heterocycles. The van der Waals surface area contributed by atoms with Gasteiger partial charge >= 0.3 is 5.97 Å². The van der Waals surface area contributed by atoms with Crippen LogP contribution in [0.1, 0.15) is 31.2 Å². The van der Waals surface area contributed by atoms with Gasteiger partial charge in [0, 0.05) is 19.6 Å². The highest BCUT2D eigenvalue weighted by Crippen LogP contribution is 2.10. The summed E-state index contributed by atoms with van der Waals surface area (Å²) in [5.74, 6) is -1.03. The van der Waals surface area contributed by atoms with Crippen molar-refractivity contribution < 1.29 is 19.1 Å². The Kier molecular flexibility index (Phi) is 7.40. The molecule has 0 bridgehead atoms. The lowest BCUT2D eigenvalue weighted by molar-refractivity contribution is -0.145. The van der Waals surface area contributed by atoms with E-state index in [9.17, 15) is 14.4 Å². The van der Waals surface area contributed by atoms with Crippen LogP contribution >= 0.6 is 0 Å². The Labute approximate surface area is 147 Å². The van der Waals surface area contributed by atoms with E-state index in [0.29, 0.717) is 13.1 Å². The van der Waals surface area contributed by atoms with Crippen molar-refractivity contribution in [3.63, 3.8) is 0 Å². The molecule has 1 fully saturated rings. The van der Waals surface area contributed by atoms with Crippen molar-refractivity contribution in [2.24, 2.45) is 5.73 Å². The highest BCUT2D eigenvalue weighted by molar-refractivity contribution is 5.88. The SMILES string of the molecule is NC(=O)CC(NCCC(=O)OCc1ccccc1)C(=O)N1CCCC1. The summed E-state index contributed by atoms with van der Waals surface area (Å²) in [6, 6.07) is 8.72. The number of rotatable bonds is 9. The number of nitrogens with one attached hydrogen (secondary N) is 1. The topological polar surface area (TPSA) is 102 Å². The van der Waals surface area contributed by atoms with Gasteiger partial charge in [-0.25, -0.2) is 0 Å². The van der Waals surface area contributed by atoms with E-state index < -0.39 is 11.9 Å². The Bertz CT molecular complexity index is 585. The normalized spacial score (nSPS) is 15.0. The average Bonchev–Trinajstić information content (AvgIpc) is 3.13.